The van der Waals surface area contributed by atoms with Gasteiger partial charge in [0.05, 0.1) is 39.5 Å². The first-order valence-corrected chi connectivity index (χ1v) is 14.5. The molecule has 2 atom stereocenters. The highest BCUT2D eigenvalue weighted by atomic mass is 32.2. The van der Waals surface area contributed by atoms with E-state index < -0.39 is 26.9 Å². The summed E-state index contributed by atoms with van der Waals surface area (Å²) in [6.45, 7) is 4.35. The van der Waals surface area contributed by atoms with E-state index in [9.17, 15) is 17.2 Å². The highest BCUT2D eigenvalue weighted by Gasteiger charge is 2.65. The molecule has 0 aliphatic heterocycles. The zero-order valence-electron chi connectivity index (χ0n) is 21.2. The number of benzene rings is 1. The summed E-state index contributed by atoms with van der Waals surface area (Å²) in [7, 11) is -3.10. The Morgan fingerprint density at radius 3 is 2.61 bits per heavy atom. The van der Waals surface area contributed by atoms with E-state index in [-0.39, 0.29) is 28.3 Å². The van der Waals surface area contributed by atoms with E-state index in [4.69, 9.17) is 4.98 Å². The molecule has 1 saturated carbocycles. The number of fused-ring (bicyclic) bond motifs is 5. The Kier molecular flexibility index (Phi) is 5.50. The Morgan fingerprint density at radius 2 is 1.87 bits per heavy atom. The van der Waals surface area contributed by atoms with E-state index in [0.717, 1.165) is 29.8 Å². The Bertz CT molecular complexity index is 1670. The third-order valence-electron chi connectivity index (χ3n) is 8.26. The van der Waals surface area contributed by atoms with Crippen molar-refractivity contribution in [2.75, 3.05) is 12.0 Å². The Balaban J connectivity index is 1.41. The first kappa shape index (κ1) is 24.7. The Labute approximate surface area is 219 Å². The molecule has 1 fully saturated rings. The van der Waals surface area contributed by atoms with Gasteiger partial charge in [-0.05, 0) is 60.1 Å². The van der Waals surface area contributed by atoms with E-state index >= 15 is 0 Å². The minimum Gasteiger partial charge on any atom is -0.229 e. The SMILES string of the molecule is CC1(C)[C@H]2CC[C@@]1(c1ccnc(-n3ccc(CCS(C)(=O)=O)n3)n1)c1nnc(-c3c(F)cccc3F)cc12. The lowest BCUT2D eigenvalue weighted by atomic mass is 9.66. The molecular formula is C27H26F2N6O2S. The number of sulfone groups is 1. The number of halogens is 2. The Morgan fingerprint density at radius 1 is 1.11 bits per heavy atom. The fourth-order valence-corrected chi connectivity index (χ4v) is 6.93. The summed E-state index contributed by atoms with van der Waals surface area (Å²) in [6, 6.07) is 9.18. The van der Waals surface area contributed by atoms with Gasteiger partial charge in [0.1, 0.15) is 21.5 Å². The molecule has 6 rings (SSSR count). The van der Waals surface area contributed by atoms with Gasteiger partial charge in [-0.1, -0.05) is 19.9 Å². The van der Waals surface area contributed by atoms with E-state index in [2.05, 4.69) is 34.1 Å². The van der Waals surface area contributed by atoms with Crippen LogP contribution in [0.25, 0.3) is 17.2 Å². The molecule has 3 aromatic heterocycles. The van der Waals surface area contributed by atoms with Gasteiger partial charge in [-0.15, -0.1) is 5.10 Å². The average Bonchev–Trinajstić information content (AvgIpc) is 3.50. The molecule has 0 saturated heterocycles. The van der Waals surface area contributed by atoms with Crippen molar-refractivity contribution in [1.82, 2.24) is 29.9 Å². The second kappa shape index (κ2) is 8.45. The number of rotatable bonds is 6. The molecule has 4 aromatic rings. The molecule has 11 heteroatoms. The summed E-state index contributed by atoms with van der Waals surface area (Å²) in [5, 5.41) is 13.3. The zero-order valence-corrected chi connectivity index (χ0v) is 22.0. The fourth-order valence-electron chi connectivity index (χ4n) is 6.35. The summed E-state index contributed by atoms with van der Waals surface area (Å²) in [5.74, 6) is -0.850. The van der Waals surface area contributed by atoms with Crippen LogP contribution in [0.1, 0.15) is 55.3 Å². The molecular weight excluding hydrogens is 510 g/mol. The first-order chi connectivity index (χ1) is 18.0. The minimum atomic E-state index is -3.10. The summed E-state index contributed by atoms with van der Waals surface area (Å²) in [6.07, 6.45) is 6.58. The quantitative estimate of drug-likeness (QED) is 0.364. The number of aromatic nitrogens is 6. The van der Waals surface area contributed by atoms with E-state index in [1.54, 1.807) is 29.2 Å². The van der Waals surface area contributed by atoms with E-state index in [1.807, 2.05) is 6.07 Å². The van der Waals surface area contributed by atoms with E-state index in [1.165, 1.54) is 24.5 Å². The second-order valence-electron chi connectivity index (χ2n) is 10.7. The molecule has 0 spiro atoms. The van der Waals surface area contributed by atoms with Gasteiger partial charge in [0.25, 0.3) is 5.95 Å². The molecule has 0 N–H and O–H groups in total. The van der Waals surface area contributed by atoms with Crippen molar-refractivity contribution in [3.63, 3.8) is 0 Å². The van der Waals surface area contributed by atoms with Gasteiger partial charge in [0.2, 0.25) is 0 Å². The predicted molar refractivity (Wildman–Crippen MR) is 136 cm³/mol. The van der Waals surface area contributed by atoms with Crippen LogP contribution >= 0.6 is 0 Å². The van der Waals surface area contributed by atoms with Crippen molar-refractivity contribution >= 4 is 9.84 Å². The monoisotopic (exact) mass is 536 g/mol. The maximum absolute atomic E-state index is 14.5. The third kappa shape index (κ3) is 3.66. The van der Waals surface area contributed by atoms with Gasteiger partial charge in [0, 0.05) is 25.1 Å². The molecule has 2 bridgehead atoms. The van der Waals surface area contributed by atoms with Crippen molar-refractivity contribution in [2.45, 2.75) is 44.4 Å². The first-order valence-electron chi connectivity index (χ1n) is 12.4. The van der Waals surface area contributed by atoms with Crippen LogP contribution in [0.5, 0.6) is 0 Å². The average molecular weight is 537 g/mol. The number of hydrogen-bond acceptors (Lipinski definition) is 7. The highest BCUT2D eigenvalue weighted by molar-refractivity contribution is 7.90. The lowest BCUT2D eigenvalue weighted by molar-refractivity contribution is 0.242. The molecule has 2 aliphatic carbocycles. The lowest BCUT2D eigenvalue weighted by Crippen LogP contribution is -2.38. The van der Waals surface area contributed by atoms with Crippen LogP contribution in [0.4, 0.5) is 8.78 Å². The van der Waals surface area contributed by atoms with Crippen LogP contribution in [-0.2, 0) is 21.7 Å². The van der Waals surface area contributed by atoms with Gasteiger partial charge in [-0.25, -0.2) is 31.8 Å². The smallest absolute Gasteiger partial charge is 0.229 e. The van der Waals surface area contributed by atoms with Crippen molar-refractivity contribution < 1.29 is 17.2 Å². The highest BCUT2D eigenvalue weighted by Crippen LogP contribution is 2.69. The van der Waals surface area contributed by atoms with E-state index in [0.29, 0.717) is 18.1 Å². The van der Waals surface area contributed by atoms with Crippen LogP contribution in [0.15, 0.2) is 48.8 Å². The largest absolute Gasteiger partial charge is 0.250 e. The van der Waals surface area contributed by atoms with Crippen LogP contribution in [0.2, 0.25) is 0 Å². The molecule has 3 heterocycles. The fraction of sp³-hybridized carbons (Fsp3) is 0.370. The summed E-state index contributed by atoms with van der Waals surface area (Å²) < 4.78 is 53.7. The standard InChI is InChI=1S/C27H26F2N6O2S/c1-26(2)18-7-11-27(26,24-17(18)15-21(32-33-24)23-19(28)5-4-6-20(23)29)22-8-12-30-25(31-22)35-13-9-16(34-35)10-14-38(3,36)37/h4-6,8-9,12-13,15,18H,7,10-11,14H2,1-3H3/t18-,27+/m0/s1. The lowest BCUT2D eigenvalue weighted by Gasteiger charge is -2.37. The van der Waals surface area contributed by atoms with Crippen LogP contribution in [0, 0.1) is 17.0 Å². The normalized spacial score (nSPS) is 21.6. The summed E-state index contributed by atoms with van der Waals surface area (Å²) in [4.78, 5) is 9.31. The maximum Gasteiger partial charge on any atom is 0.250 e. The predicted octanol–water partition coefficient (Wildman–Crippen LogP) is 4.19. The van der Waals surface area contributed by atoms with Crippen LogP contribution in [-0.4, -0.2) is 50.4 Å². The van der Waals surface area contributed by atoms with Gasteiger partial charge < -0.3 is 0 Å². The molecule has 2 aliphatic rings. The van der Waals surface area contributed by atoms with Gasteiger partial charge in [-0.3, -0.25) is 0 Å². The second-order valence-corrected chi connectivity index (χ2v) is 13.0. The zero-order chi connectivity index (χ0) is 26.9. The molecule has 0 radical (unpaired) electrons. The van der Waals surface area contributed by atoms with Crippen molar-refractivity contribution in [1.29, 1.82) is 0 Å². The van der Waals surface area contributed by atoms with Crippen molar-refractivity contribution in [2.24, 2.45) is 5.41 Å². The Hall–Kier alpha value is -3.60. The molecule has 0 unspecified atom stereocenters. The van der Waals surface area contributed by atoms with Gasteiger partial charge in [0.15, 0.2) is 0 Å². The number of aryl methyl sites for hydroxylation is 1. The molecule has 0 amide bonds. The molecule has 196 valence electrons. The van der Waals surface area contributed by atoms with Gasteiger partial charge >= 0.3 is 0 Å². The van der Waals surface area contributed by atoms with Crippen molar-refractivity contribution in [3.05, 3.63) is 83.1 Å². The summed E-state index contributed by atoms with van der Waals surface area (Å²) >= 11 is 0. The minimum absolute atomic E-state index is 0.0117. The molecule has 1 aromatic carbocycles. The topological polar surface area (TPSA) is 104 Å². The number of hydrogen-bond donors (Lipinski definition) is 0. The molecule has 38 heavy (non-hydrogen) atoms. The van der Waals surface area contributed by atoms with Crippen LogP contribution < -0.4 is 0 Å². The molecule has 8 nitrogen and oxygen atoms in total. The van der Waals surface area contributed by atoms with Gasteiger partial charge in [-0.2, -0.15) is 10.2 Å². The van der Waals surface area contributed by atoms with Crippen molar-refractivity contribution in [3.8, 4) is 17.2 Å². The third-order valence-corrected chi connectivity index (χ3v) is 9.21. The van der Waals surface area contributed by atoms with Crippen LogP contribution in [0.3, 0.4) is 0 Å². The number of nitrogens with zero attached hydrogens (tertiary/aromatic N) is 6. The maximum atomic E-state index is 14.5. The summed E-state index contributed by atoms with van der Waals surface area (Å²) in [5.41, 5.74) is 2.29.